The Morgan fingerprint density at radius 1 is 1.20 bits per heavy atom. The molecule has 0 atom stereocenters. The first kappa shape index (κ1) is 9.93. The molecule has 0 aliphatic heterocycles. The molecule has 0 aliphatic rings. The highest BCUT2D eigenvalue weighted by atomic mass is 79.9. The number of hydrogen-bond donors (Lipinski definition) is 0. The molecular formula is C2BrF5OS. The lowest BCUT2D eigenvalue weighted by Gasteiger charge is -2.37. The molecule has 0 aromatic rings. The van der Waals surface area contributed by atoms with E-state index in [9.17, 15) is 24.2 Å². The van der Waals surface area contributed by atoms with E-state index >= 15 is 0 Å². The summed E-state index contributed by atoms with van der Waals surface area (Å²) in [5.41, 5.74) is 0. The molecule has 10 heavy (non-hydrogen) atoms. The van der Waals surface area contributed by atoms with Crippen molar-refractivity contribution in [2.45, 2.75) is 0 Å². The van der Waals surface area contributed by atoms with Crippen molar-refractivity contribution in [3.8, 4) is 0 Å². The Bertz CT molecular complexity index is 207. The fourth-order valence-corrected chi connectivity index (χ4v) is 0.236. The van der Waals surface area contributed by atoms with E-state index in [4.69, 9.17) is 0 Å². The molecule has 0 heterocycles. The van der Waals surface area contributed by atoms with Crippen LogP contribution in [-0.4, -0.2) is 5.94 Å². The summed E-state index contributed by atoms with van der Waals surface area (Å²) < 4.78 is 53.7. The van der Waals surface area contributed by atoms with E-state index < -0.39 is 14.0 Å². The van der Waals surface area contributed by atoms with Crippen molar-refractivity contribution >= 4 is 32.1 Å². The SMILES string of the molecule is O=C=C(Br)S(F)(F)(F)(F)F. The van der Waals surface area contributed by atoms with Crippen LogP contribution in [-0.2, 0) is 4.79 Å². The van der Waals surface area contributed by atoms with Crippen LogP contribution in [0.3, 0.4) is 0 Å². The van der Waals surface area contributed by atoms with Crippen LogP contribution >= 0.6 is 26.2 Å². The maximum absolute atomic E-state index is 11.3. The maximum Gasteiger partial charge on any atom is 0.326 e. The van der Waals surface area contributed by atoms with Crippen molar-refractivity contribution in [1.82, 2.24) is 0 Å². The smallest absolute Gasteiger partial charge is 0.231 e. The molecule has 8 heteroatoms. The second kappa shape index (κ2) is 1.57. The summed E-state index contributed by atoms with van der Waals surface area (Å²) in [6.07, 6.45) is 0. The van der Waals surface area contributed by atoms with Crippen molar-refractivity contribution < 1.29 is 24.2 Å². The standard InChI is InChI=1S/C2BrF5OS/c3-2(1-9)10(4,5,6,7)8. The minimum absolute atomic E-state index is 0.0467. The topological polar surface area (TPSA) is 17.1 Å². The highest BCUT2D eigenvalue weighted by molar-refractivity contribution is 9.15. The van der Waals surface area contributed by atoms with Crippen molar-refractivity contribution in [3.63, 3.8) is 0 Å². The molecule has 0 bridgehead atoms. The molecule has 0 rings (SSSR count). The minimum atomic E-state index is -9.74. The van der Waals surface area contributed by atoms with E-state index in [0.29, 0.717) is 0 Å². The summed E-state index contributed by atoms with van der Waals surface area (Å²) in [4.78, 5) is 9.18. The van der Waals surface area contributed by atoms with Crippen LogP contribution in [0.5, 0.6) is 0 Å². The summed E-state index contributed by atoms with van der Waals surface area (Å²) in [5, 5.41) is 0. The van der Waals surface area contributed by atoms with Crippen LogP contribution in [0.4, 0.5) is 19.4 Å². The van der Waals surface area contributed by atoms with Gasteiger partial charge in [-0.1, -0.05) is 19.4 Å². The molecule has 0 saturated heterocycles. The fourth-order valence-electron chi connectivity index (χ4n) is 0.0787. The Labute approximate surface area is 60.7 Å². The largest absolute Gasteiger partial charge is 0.326 e. The van der Waals surface area contributed by atoms with Crippen LogP contribution in [0.25, 0.3) is 0 Å². The van der Waals surface area contributed by atoms with Crippen molar-refractivity contribution in [1.29, 1.82) is 0 Å². The normalized spacial score (nSPS) is 18.6. The summed E-state index contributed by atoms with van der Waals surface area (Å²) in [6.45, 7) is 0. The van der Waals surface area contributed by atoms with Crippen LogP contribution in [0.1, 0.15) is 0 Å². The number of hydrogen-bond acceptors (Lipinski definition) is 1. The predicted molar refractivity (Wildman–Crippen MR) is 31.3 cm³/mol. The maximum atomic E-state index is 11.3. The fraction of sp³-hybridized carbons (Fsp3) is 0. The monoisotopic (exact) mass is 246 g/mol. The van der Waals surface area contributed by atoms with E-state index in [-0.39, 0.29) is 5.94 Å². The number of rotatable bonds is 1. The molecule has 0 unspecified atom stereocenters. The van der Waals surface area contributed by atoms with Crippen LogP contribution in [0, 0.1) is 0 Å². The van der Waals surface area contributed by atoms with Crippen molar-refractivity contribution in [2.24, 2.45) is 0 Å². The molecule has 1 nitrogen and oxygen atoms in total. The Kier molecular flexibility index (Phi) is 1.56. The zero-order valence-electron chi connectivity index (χ0n) is 4.08. The van der Waals surface area contributed by atoms with Crippen LogP contribution in [0.2, 0.25) is 0 Å². The van der Waals surface area contributed by atoms with Gasteiger partial charge < -0.3 is 0 Å². The van der Waals surface area contributed by atoms with Gasteiger partial charge in [0.15, 0.2) is 5.94 Å². The summed E-state index contributed by atoms with van der Waals surface area (Å²) in [6, 6.07) is 0. The first-order chi connectivity index (χ1) is 3.97. The number of carbonyl (C=O) groups excluding carboxylic acids is 1. The quantitative estimate of drug-likeness (QED) is 0.512. The van der Waals surface area contributed by atoms with E-state index in [1.165, 1.54) is 15.9 Å². The molecule has 0 amide bonds. The van der Waals surface area contributed by atoms with Gasteiger partial charge >= 0.3 is 10.2 Å². The average Bonchev–Trinajstić information content (AvgIpc) is 1.57. The molecule has 0 saturated carbocycles. The molecule has 0 N–H and O–H groups in total. The third-order valence-electron chi connectivity index (χ3n) is 0.419. The zero-order valence-corrected chi connectivity index (χ0v) is 6.49. The molecule has 62 valence electrons. The molecule has 0 aromatic heterocycles. The van der Waals surface area contributed by atoms with Gasteiger partial charge in [-0.05, 0) is 15.9 Å². The summed E-state index contributed by atoms with van der Waals surface area (Å²) >= 11 is 1.38. The third kappa shape index (κ3) is 2.68. The van der Waals surface area contributed by atoms with E-state index in [2.05, 4.69) is 0 Å². The van der Waals surface area contributed by atoms with E-state index in [1.54, 1.807) is 0 Å². The Morgan fingerprint density at radius 3 is 1.50 bits per heavy atom. The lowest BCUT2D eigenvalue weighted by atomic mass is 11.2. The van der Waals surface area contributed by atoms with Gasteiger partial charge in [-0.2, -0.15) is 0 Å². The first-order valence-electron chi connectivity index (χ1n) is 1.62. The molecule has 0 aromatic carbocycles. The van der Waals surface area contributed by atoms with E-state index in [0.717, 1.165) is 0 Å². The minimum Gasteiger partial charge on any atom is -0.231 e. The summed E-state index contributed by atoms with van der Waals surface area (Å²) in [5.74, 6) is 0.0467. The Balaban J connectivity index is 5.35. The lowest BCUT2D eigenvalue weighted by molar-refractivity contribution is 0.383. The van der Waals surface area contributed by atoms with Gasteiger partial charge in [0, 0.05) is 0 Å². The molecule has 0 spiro atoms. The van der Waals surface area contributed by atoms with Crippen molar-refractivity contribution in [2.75, 3.05) is 0 Å². The van der Waals surface area contributed by atoms with Gasteiger partial charge in [-0.25, -0.2) is 4.79 Å². The highest BCUT2D eigenvalue weighted by Crippen LogP contribution is 3.02. The molecule has 0 fully saturated rings. The van der Waals surface area contributed by atoms with Gasteiger partial charge in [0.2, 0.25) is 3.81 Å². The highest BCUT2D eigenvalue weighted by Gasteiger charge is 2.68. The number of halogens is 6. The Hall–Kier alpha value is -0.0700. The lowest BCUT2D eigenvalue weighted by Crippen LogP contribution is -2.04. The van der Waals surface area contributed by atoms with Gasteiger partial charge in [-0.15, -0.1) is 0 Å². The third-order valence-corrected chi connectivity index (χ3v) is 3.18. The van der Waals surface area contributed by atoms with Crippen molar-refractivity contribution in [3.05, 3.63) is 3.81 Å². The van der Waals surface area contributed by atoms with Crippen LogP contribution < -0.4 is 0 Å². The second-order valence-electron chi connectivity index (χ2n) is 1.34. The molecular weight excluding hydrogens is 247 g/mol. The Morgan fingerprint density at radius 2 is 1.50 bits per heavy atom. The van der Waals surface area contributed by atoms with Gasteiger partial charge in [-0.3, -0.25) is 0 Å². The zero-order chi connectivity index (χ0) is 8.69. The molecule has 0 aliphatic carbocycles. The summed E-state index contributed by atoms with van der Waals surface area (Å²) in [7, 11) is -9.74. The van der Waals surface area contributed by atoms with Crippen LogP contribution in [0.15, 0.2) is 3.81 Å². The average molecular weight is 247 g/mol. The van der Waals surface area contributed by atoms with Gasteiger partial charge in [0.05, 0.1) is 0 Å². The van der Waals surface area contributed by atoms with Gasteiger partial charge in [0.25, 0.3) is 0 Å². The predicted octanol–water partition coefficient (Wildman–Crippen LogP) is 3.35. The van der Waals surface area contributed by atoms with Gasteiger partial charge in [0.1, 0.15) is 0 Å². The molecule has 0 radical (unpaired) electrons. The second-order valence-corrected chi connectivity index (χ2v) is 5.01. The first-order valence-corrected chi connectivity index (χ1v) is 4.36. The van der Waals surface area contributed by atoms with E-state index in [1.807, 2.05) is 0 Å².